The molecule has 0 radical (unpaired) electrons. The van der Waals surface area contributed by atoms with Crippen LogP contribution in [0.5, 0.6) is 0 Å². The van der Waals surface area contributed by atoms with E-state index in [9.17, 15) is 0 Å². The number of ether oxygens (including phenoxy) is 1. The SMILES string of the molecule is CCO[C@H]1CC[C@@H](NC(C)C)CC1. The fourth-order valence-electron chi connectivity index (χ4n) is 2.10. The molecule has 0 aromatic rings. The van der Waals surface area contributed by atoms with Crippen molar-refractivity contribution in [2.24, 2.45) is 0 Å². The van der Waals surface area contributed by atoms with Crippen molar-refractivity contribution in [3.05, 3.63) is 0 Å². The minimum atomic E-state index is 0.537. The van der Waals surface area contributed by atoms with Gasteiger partial charge in [-0.15, -0.1) is 0 Å². The fourth-order valence-corrected chi connectivity index (χ4v) is 2.10. The van der Waals surface area contributed by atoms with Crippen molar-refractivity contribution in [2.75, 3.05) is 6.61 Å². The van der Waals surface area contributed by atoms with Crippen molar-refractivity contribution >= 4 is 0 Å². The Morgan fingerprint density at radius 3 is 2.31 bits per heavy atom. The van der Waals surface area contributed by atoms with Gasteiger partial charge in [0.25, 0.3) is 0 Å². The second-order valence-electron chi connectivity index (χ2n) is 4.25. The van der Waals surface area contributed by atoms with Crippen molar-refractivity contribution in [1.82, 2.24) is 5.32 Å². The molecule has 1 fully saturated rings. The highest BCUT2D eigenvalue weighted by atomic mass is 16.5. The van der Waals surface area contributed by atoms with Gasteiger partial charge in [-0.05, 0) is 32.6 Å². The average molecular weight is 185 g/mol. The predicted molar refractivity (Wildman–Crippen MR) is 55.9 cm³/mol. The minimum Gasteiger partial charge on any atom is -0.379 e. The zero-order valence-electron chi connectivity index (χ0n) is 9.18. The van der Waals surface area contributed by atoms with Crippen molar-refractivity contribution in [2.45, 2.75) is 64.6 Å². The van der Waals surface area contributed by atoms with E-state index in [2.05, 4.69) is 26.1 Å². The van der Waals surface area contributed by atoms with Gasteiger partial charge in [0.15, 0.2) is 0 Å². The van der Waals surface area contributed by atoms with Crippen LogP contribution in [0, 0.1) is 0 Å². The van der Waals surface area contributed by atoms with E-state index in [0.717, 1.165) is 12.6 Å². The Morgan fingerprint density at radius 2 is 1.85 bits per heavy atom. The van der Waals surface area contributed by atoms with Gasteiger partial charge in [-0.3, -0.25) is 0 Å². The third kappa shape index (κ3) is 4.10. The van der Waals surface area contributed by atoms with Crippen LogP contribution in [0.25, 0.3) is 0 Å². The van der Waals surface area contributed by atoms with E-state index in [1.54, 1.807) is 0 Å². The molecule has 0 unspecified atom stereocenters. The summed E-state index contributed by atoms with van der Waals surface area (Å²) in [5.74, 6) is 0. The summed E-state index contributed by atoms with van der Waals surface area (Å²) < 4.78 is 5.61. The van der Waals surface area contributed by atoms with Crippen LogP contribution in [0.1, 0.15) is 46.5 Å². The van der Waals surface area contributed by atoms with E-state index in [-0.39, 0.29) is 0 Å². The van der Waals surface area contributed by atoms with Crippen LogP contribution in [0.4, 0.5) is 0 Å². The molecule has 0 spiro atoms. The van der Waals surface area contributed by atoms with E-state index >= 15 is 0 Å². The molecule has 13 heavy (non-hydrogen) atoms. The monoisotopic (exact) mass is 185 g/mol. The largest absolute Gasteiger partial charge is 0.379 e. The first-order valence-corrected chi connectivity index (χ1v) is 5.60. The molecule has 0 aliphatic heterocycles. The minimum absolute atomic E-state index is 0.537. The first-order chi connectivity index (χ1) is 6.22. The third-order valence-electron chi connectivity index (χ3n) is 2.65. The molecule has 0 atom stereocenters. The molecule has 78 valence electrons. The Hall–Kier alpha value is -0.0800. The molecule has 1 rings (SSSR count). The Balaban J connectivity index is 2.15. The van der Waals surface area contributed by atoms with Gasteiger partial charge in [0.05, 0.1) is 6.10 Å². The summed E-state index contributed by atoms with van der Waals surface area (Å²) in [6, 6.07) is 1.35. The van der Waals surface area contributed by atoms with Gasteiger partial charge in [0.1, 0.15) is 0 Å². The lowest BCUT2D eigenvalue weighted by Gasteiger charge is -2.30. The van der Waals surface area contributed by atoms with Crippen LogP contribution in [-0.4, -0.2) is 24.8 Å². The molecule has 1 aliphatic rings. The summed E-state index contributed by atoms with van der Waals surface area (Å²) in [5.41, 5.74) is 0. The van der Waals surface area contributed by atoms with Gasteiger partial charge in [0, 0.05) is 18.7 Å². The number of nitrogens with one attached hydrogen (secondary N) is 1. The smallest absolute Gasteiger partial charge is 0.0576 e. The number of rotatable bonds is 4. The lowest BCUT2D eigenvalue weighted by atomic mass is 9.92. The first kappa shape index (κ1) is 11.0. The molecule has 2 nitrogen and oxygen atoms in total. The fraction of sp³-hybridized carbons (Fsp3) is 1.00. The van der Waals surface area contributed by atoms with Gasteiger partial charge in [-0.2, -0.15) is 0 Å². The maximum absolute atomic E-state index is 5.61. The zero-order chi connectivity index (χ0) is 9.68. The molecule has 0 heterocycles. The lowest BCUT2D eigenvalue weighted by molar-refractivity contribution is 0.0297. The molecule has 0 aromatic carbocycles. The molecule has 0 aromatic heterocycles. The highest BCUT2D eigenvalue weighted by Gasteiger charge is 2.21. The normalized spacial score (nSPS) is 29.5. The Kier molecular flexibility index (Phi) is 4.74. The summed E-state index contributed by atoms with van der Waals surface area (Å²) in [7, 11) is 0. The summed E-state index contributed by atoms with van der Waals surface area (Å²) in [4.78, 5) is 0. The molecule has 1 N–H and O–H groups in total. The van der Waals surface area contributed by atoms with Crippen molar-refractivity contribution in [1.29, 1.82) is 0 Å². The van der Waals surface area contributed by atoms with E-state index < -0.39 is 0 Å². The van der Waals surface area contributed by atoms with Crippen LogP contribution in [0.15, 0.2) is 0 Å². The van der Waals surface area contributed by atoms with Crippen molar-refractivity contribution in [3.63, 3.8) is 0 Å². The second-order valence-corrected chi connectivity index (χ2v) is 4.25. The van der Waals surface area contributed by atoms with E-state index in [4.69, 9.17) is 4.74 Å². The van der Waals surface area contributed by atoms with Crippen LogP contribution in [0.2, 0.25) is 0 Å². The van der Waals surface area contributed by atoms with E-state index in [0.29, 0.717) is 12.1 Å². The quantitative estimate of drug-likeness (QED) is 0.726. The summed E-state index contributed by atoms with van der Waals surface area (Å²) >= 11 is 0. The maximum atomic E-state index is 5.61. The second kappa shape index (κ2) is 5.61. The molecule has 2 heteroatoms. The van der Waals surface area contributed by atoms with Crippen molar-refractivity contribution < 1.29 is 4.74 Å². The Morgan fingerprint density at radius 1 is 1.23 bits per heavy atom. The Bertz CT molecular complexity index is 128. The standard InChI is InChI=1S/C11H23NO/c1-4-13-11-7-5-10(6-8-11)12-9(2)3/h9-12H,4-8H2,1-3H3/t10-,11+. The summed E-state index contributed by atoms with van der Waals surface area (Å²) in [6.45, 7) is 7.38. The predicted octanol–water partition coefficient (Wildman–Crippen LogP) is 2.33. The van der Waals surface area contributed by atoms with Crippen LogP contribution in [0.3, 0.4) is 0 Å². The molecule has 0 bridgehead atoms. The van der Waals surface area contributed by atoms with E-state index in [1.165, 1.54) is 25.7 Å². The van der Waals surface area contributed by atoms with Crippen LogP contribution < -0.4 is 5.32 Å². The number of hydrogen-bond acceptors (Lipinski definition) is 2. The van der Waals surface area contributed by atoms with Crippen LogP contribution in [-0.2, 0) is 4.74 Å². The van der Waals surface area contributed by atoms with Crippen LogP contribution >= 0.6 is 0 Å². The maximum Gasteiger partial charge on any atom is 0.0576 e. The van der Waals surface area contributed by atoms with Gasteiger partial charge < -0.3 is 10.1 Å². The molecule has 1 aliphatic carbocycles. The highest BCUT2D eigenvalue weighted by molar-refractivity contribution is 4.78. The lowest BCUT2D eigenvalue weighted by Crippen LogP contribution is -2.39. The third-order valence-corrected chi connectivity index (χ3v) is 2.65. The van der Waals surface area contributed by atoms with Gasteiger partial charge in [-0.25, -0.2) is 0 Å². The molecular formula is C11H23NO. The number of hydrogen-bond donors (Lipinski definition) is 1. The van der Waals surface area contributed by atoms with Crippen molar-refractivity contribution in [3.8, 4) is 0 Å². The molecule has 1 saturated carbocycles. The molecule has 0 amide bonds. The molecule has 0 saturated heterocycles. The van der Waals surface area contributed by atoms with Gasteiger partial charge in [-0.1, -0.05) is 13.8 Å². The average Bonchev–Trinajstić information content (AvgIpc) is 2.08. The first-order valence-electron chi connectivity index (χ1n) is 5.60. The Labute approximate surface area is 82.0 Å². The van der Waals surface area contributed by atoms with E-state index in [1.807, 2.05) is 0 Å². The van der Waals surface area contributed by atoms with Gasteiger partial charge >= 0.3 is 0 Å². The molecular weight excluding hydrogens is 162 g/mol. The zero-order valence-corrected chi connectivity index (χ0v) is 9.18. The highest BCUT2D eigenvalue weighted by Crippen LogP contribution is 2.21. The topological polar surface area (TPSA) is 21.3 Å². The summed E-state index contributed by atoms with van der Waals surface area (Å²) in [6.07, 6.45) is 5.57. The van der Waals surface area contributed by atoms with Gasteiger partial charge in [0.2, 0.25) is 0 Å². The summed E-state index contributed by atoms with van der Waals surface area (Å²) in [5, 5.41) is 3.59.